The number of carbonyl (C=O) groups is 1. The molecule has 0 aliphatic carbocycles. The van der Waals surface area contributed by atoms with E-state index >= 15 is 0 Å². The highest BCUT2D eigenvalue weighted by Crippen LogP contribution is 2.12. The van der Waals surface area contributed by atoms with E-state index in [0.717, 1.165) is 0 Å². The van der Waals surface area contributed by atoms with Gasteiger partial charge in [-0.05, 0) is 30.7 Å². The third-order valence-electron chi connectivity index (χ3n) is 2.14. The molecule has 0 saturated carbocycles. The molecular formula is C11H14ClNO2. The summed E-state index contributed by atoms with van der Waals surface area (Å²) in [7, 11) is 0. The van der Waals surface area contributed by atoms with Gasteiger partial charge >= 0.3 is 0 Å². The fourth-order valence-electron chi connectivity index (χ4n) is 1.20. The van der Waals surface area contributed by atoms with E-state index < -0.39 is 6.10 Å². The van der Waals surface area contributed by atoms with Gasteiger partial charge in [-0.1, -0.05) is 11.6 Å². The highest BCUT2D eigenvalue weighted by Gasteiger charge is 2.08. The number of ketones is 1. The number of halogens is 1. The Hall–Kier alpha value is -0.900. The van der Waals surface area contributed by atoms with Crippen LogP contribution in [0.3, 0.4) is 0 Å². The Morgan fingerprint density at radius 1 is 1.40 bits per heavy atom. The van der Waals surface area contributed by atoms with Crippen molar-refractivity contribution >= 4 is 17.4 Å². The minimum atomic E-state index is -0.596. The Labute approximate surface area is 93.9 Å². The van der Waals surface area contributed by atoms with E-state index in [-0.39, 0.29) is 12.3 Å². The third-order valence-corrected chi connectivity index (χ3v) is 2.39. The second kappa shape index (κ2) is 5.85. The molecule has 1 atom stereocenters. The van der Waals surface area contributed by atoms with Crippen LogP contribution in [0.2, 0.25) is 5.02 Å². The molecule has 0 radical (unpaired) electrons. The number of nitrogens with two attached hydrogens (primary N) is 1. The molecule has 1 unspecified atom stereocenters. The number of hydrogen-bond donors (Lipinski definition) is 2. The summed E-state index contributed by atoms with van der Waals surface area (Å²) in [6.45, 7) is 0.188. The molecule has 0 aromatic heterocycles. The van der Waals surface area contributed by atoms with Crippen molar-refractivity contribution < 1.29 is 9.90 Å². The number of carbonyl (C=O) groups excluding carboxylic acids is 1. The Morgan fingerprint density at radius 2 is 2.00 bits per heavy atom. The van der Waals surface area contributed by atoms with Crippen molar-refractivity contribution in [1.29, 1.82) is 0 Å². The van der Waals surface area contributed by atoms with Gasteiger partial charge in [0.1, 0.15) is 0 Å². The molecule has 0 amide bonds. The summed E-state index contributed by atoms with van der Waals surface area (Å²) in [6, 6.07) is 6.71. The second-order valence-corrected chi connectivity index (χ2v) is 3.79. The van der Waals surface area contributed by atoms with Crippen molar-refractivity contribution in [2.24, 2.45) is 5.73 Å². The van der Waals surface area contributed by atoms with Crippen molar-refractivity contribution in [2.75, 3.05) is 6.54 Å². The van der Waals surface area contributed by atoms with Crippen LogP contribution in [-0.2, 0) is 0 Å². The zero-order chi connectivity index (χ0) is 11.3. The second-order valence-electron chi connectivity index (χ2n) is 3.36. The van der Waals surface area contributed by atoms with Crippen LogP contribution in [0.4, 0.5) is 0 Å². The van der Waals surface area contributed by atoms with Gasteiger partial charge in [-0.15, -0.1) is 0 Å². The fraction of sp³-hybridized carbons (Fsp3) is 0.364. The summed E-state index contributed by atoms with van der Waals surface area (Å²) < 4.78 is 0. The predicted molar refractivity (Wildman–Crippen MR) is 60.1 cm³/mol. The number of Topliss-reactive ketones (excluding diaryl/α,β-unsaturated/α-hetero) is 1. The van der Waals surface area contributed by atoms with Crippen LogP contribution < -0.4 is 5.73 Å². The number of aliphatic hydroxyl groups is 1. The van der Waals surface area contributed by atoms with Gasteiger partial charge in [-0.3, -0.25) is 4.79 Å². The van der Waals surface area contributed by atoms with E-state index in [0.29, 0.717) is 23.4 Å². The van der Waals surface area contributed by atoms with Crippen LogP contribution in [0.25, 0.3) is 0 Å². The molecule has 0 aliphatic rings. The summed E-state index contributed by atoms with van der Waals surface area (Å²) in [5, 5.41) is 9.80. The van der Waals surface area contributed by atoms with Crippen LogP contribution in [-0.4, -0.2) is 23.5 Å². The van der Waals surface area contributed by atoms with Crippen molar-refractivity contribution in [2.45, 2.75) is 18.9 Å². The van der Waals surface area contributed by atoms with Gasteiger partial charge in [-0.2, -0.15) is 0 Å². The molecule has 0 spiro atoms. The maximum Gasteiger partial charge on any atom is 0.162 e. The van der Waals surface area contributed by atoms with Crippen LogP contribution >= 0.6 is 11.6 Å². The summed E-state index contributed by atoms with van der Waals surface area (Å²) in [6.07, 6.45) is 0.110. The number of aliphatic hydroxyl groups excluding tert-OH is 1. The number of hydrogen-bond acceptors (Lipinski definition) is 3. The molecular weight excluding hydrogens is 214 g/mol. The maximum atomic E-state index is 11.6. The molecule has 1 rings (SSSR count). The first kappa shape index (κ1) is 12.2. The van der Waals surface area contributed by atoms with Crippen LogP contribution in [0.5, 0.6) is 0 Å². The minimum Gasteiger partial charge on any atom is -0.392 e. The standard InChI is InChI=1S/C11H14ClNO2/c12-9-3-1-8(2-4-9)11(15)6-5-10(14)7-13/h1-4,10,14H,5-7,13H2. The zero-order valence-corrected chi connectivity index (χ0v) is 9.07. The Kier molecular flexibility index (Phi) is 4.75. The molecule has 15 heavy (non-hydrogen) atoms. The lowest BCUT2D eigenvalue weighted by atomic mass is 10.0. The van der Waals surface area contributed by atoms with Gasteiger partial charge in [0.2, 0.25) is 0 Å². The van der Waals surface area contributed by atoms with E-state index in [4.69, 9.17) is 17.3 Å². The first-order chi connectivity index (χ1) is 7.13. The monoisotopic (exact) mass is 227 g/mol. The Balaban J connectivity index is 2.50. The molecule has 82 valence electrons. The summed E-state index contributed by atoms with van der Waals surface area (Å²) in [4.78, 5) is 11.6. The molecule has 1 aromatic carbocycles. The van der Waals surface area contributed by atoms with Gasteiger partial charge in [0.05, 0.1) is 6.10 Å². The molecule has 1 aromatic rings. The Morgan fingerprint density at radius 3 is 2.53 bits per heavy atom. The van der Waals surface area contributed by atoms with Gasteiger partial charge < -0.3 is 10.8 Å². The van der Waals surface area contributed by atoms with Gasteiger partial charge in [0.25, 0.3) is 0 Å². The zero-order valence-electron chi connectivity index (χ0n) is 8.32. The lowest BCUT2D eigenvalue weighted by Gasteiger charge is -2.06. The minimum absolute atomic E-state index is 0.000772. The number of benzene rings is 1. The summed E-state index contributed by atoms with van der Waals surface area (Å²) >= 11 is 5.70. The first-order valence-electron chi connectivity index (χ1n) is 4.80. The molecule has 3 N–H and O–H groups in total. The molecule has 3 nitrogen and oxygen atoms in total. The summed E-state index contributed by atoms with van der Waals surface area (Å²) in [5.41, 5.74) is 5.85. The average Bonchev–Trinajstić information content (AvgIpc) is 2.26. The van der Waals surface area contributed by atoms with Crippen LogP contribution in [0.15, 0.2) is 24.3 Å². The van der Waals surface area contributed by atoms with E-state index in [9.17, 15) is 9.90 Å². The van der Waals surface area contributed by atoms with Gasteiger partial charge in [0.15, 0.2) is 5.78 Å². The van der Waals surface area contributed by atoms with Crippen molar-refractivity contribution in [3.63, 3.8) is 0 Å². The molecule has 0 heterocycles. The van der Waals surface area contributed by atoms with E-state index in [1.807, 2.05) is 0 Å². The smallest absolute Gasteiger partial charge is 0.162 e. The summed E-state index contributed by atoms with van der Waals surface area (Å²) in [5.74, 6) is -0.000772. The first-order valence-corrected chi connectivity index (χ1v) is 5.18. The third kappa shape index (κ3) is 4.00. The Bertz CT molecular complexity index is 324. The quantitative estimate of drug-likeness (QED) is 0.752. The van der Waals surface area contributed by atoms with Gasteiger partial charge in [0, 0.05) is 23.6 Å². The highest BCUT2D eigenvalue weighted by molar-refractivity contribution is 6.30. The largest absolute Gasteiger partial charge is 0.392 e. The maximum absolute atomic E-state index is 11.6. The lowest BCUT2D eigenvalue weighted by Crippen LogP contribution is -2.20. The van der Waals surface area contributed by atoms with E-state index in [2.05, 4.69) is 0 Å². The molecule has 0 saturated heterocycles. The topological polar surface area (TPSA) is 63.3 Å². The SMILES string of the molecule is NCC(O)CCC(=O)c1ccc(Cl)cc1. The van der Waals surface area contributed by atoms with Crippen LogP contribution in [0, 0.1) is 0 Å². The van der Waals surface area contributed by atoms with Crippen molar-refractivity contribution in [3.05, 3.63) is 34.9 Å². The van der Waals surface area contributed by atoms with Crippen LogP contribution in [0.1, 0.15) is 23.2 Å². The van der Waals surface area contributed by atoms with E-state index in [1.165, 1.54) is 0 Å². The fourth-order valence-corrected chi connectivity index (χ4v) is 1.32. The lowest BCUT2D eigenvalue weighted by molar-refractivity contribution is 0.0945. The van der Waals surface area contributed by atoms with Gasteiger partial charge in [-0.25, -0.2) is 0 Å². The molecule has 0 aliphatic heterocycles. The van der Waals surface area contributed by atoms with Crippen molar-refractivity contribution in [1.82, 2.24) is 0 Å². The molecule has 0 bridgehead atoms. The van der Waals surface area contributed by atoms with E-state index in [1.54, 1.807) is 24.3 Å². The normalized spacial score (nSPS) is 12.5. The van der Waals surface area contributed by atoms with Crippen molar-refractivity contribution in [3.8, 4) is 0 Å². The number of rotatable bonds is 5. The predicted octanol–water partition coefficient (Wildman–Crippen LogP) is 1.62. The molecule has 0 fully saturated rings. The molecule has 4 heteroatoms. The highest BCUT2D eigenvalue weighted by atomic mass is 35.5. The average molecular weight is 228 g/mol.